The van der Waals surface area contributed by atoms with Crippen LogP contribution in [0.2, 0.25) is 0 Å². The number of hydrogen-bond donors (Lipinski definition) is 1. The van der Waals surface area contributed by atoms with Crippen LogP contribution in [-0.4, -0.2) is 27.2 Å². The third-order valence-electron chi connectivity index (χ3n) is 3.66. The van der Waals surface area contributed by atoms with E-state index in [1.54, 1.807) is 51.7 Å². The molecule has 1 amide bonds. The fourth-order valence-corrected chi connectivity index (χ4v) is 2.51. The number of ether oxygens (including phenoxy) is 4. The molecule has 6 heteroatoms. The van der Waals surface area contributed by atoms with Crippen molar-refractivity contribution >= 4 is 5.91 Å². The van der Waals surface area contributed by atoms with E-state index >= 15 is 0 Å². The highest BCUT2D eigenvalue weighted by molar-refractivity contribution is 5.98. The SMILES string of the molecule is COc1cc(OC)c(C2NC(=O)c3ccccc3O2)cc1OC. The third-order valence-corrected chi connectivity index (χ3v) is 3.66. The Kier molecular flexibility index (Phi) is 3.97. The van der Waals surface area contributed by atoms with E-state index in [0.717, 1.165) is 0 Å². The number of hydrogen-bond acceptors (Lipinski definition) is 5. The van der Waals surface area contributed by atoms with Crippen molar-refractivity contribution < 1.29 is 23.7 Å². The molecular formula is C17H17NO5. The summed E-state index contributed by atoms with van der Waals surface area (Å²) in [6.07, 6.45) is -0.674. The Morgan fingerprint density at radius 1 is 0.957 bits per heavy atom. The molecule has 1 aliphatic rings. The molecule has 2 aromatic carbocycles. The fraction of sp³-hybridized carbons (Fsp3) is 0.235. The molecule has 3 rings (SSSR count). The number of carbonyl (C=O) groups excluding carboxylic acids is 1. The highest BCUT2D eigenvalue weighted by Crippen LogP contribution is 2.39. The predicted molar refractivity (Wildman–Crippen MR) is 83.4 cm³/mol. The lowest BCUT2D eigenvalue weighted by Crippen LogP contribution is -2.37. The first-order valence-corrected chi connectivity index (χ1v) is 7.04. The molecule has 6 nitrogen and oxygen atoms in total. The maximum absolute atomic E-state index is 12.3. The molecule has 120 valence electrons. The molecular weight excluding hydrogens is 298 g/mol. The molecule has 0 radical (unpaired) electrons. The zero-order valence-electron chi connectivity index (χ0n) is 13.1. The minimum absolute atomic E-state index is 0.200. The van der Waals surface area contributed by atoms with Crippen molar-refractivity contribution in [1.29, 1.82) is 0 Å². The van der Waals surface area contributed by atoms with Gasteiger partial charge in [0.25, 0.3) is 5.91 Å². The van der Waals surface area contributed by atoms with E-state index in [0.29, 0.717) is 34.1 Å². The van der Waals surface area contributed by atoms with Crippen molar-refractivity contribution in [2.75, 3.05) is 21.3 Å². The number of rotatable bonds is 4. The van der Waals surface area contributed by atoms with Crippen LogP contribution in [0.4, 0.5) is 0 Å². The molecule has 0 saturated carbocycles. The quantitative estimate of drug-likeness (QED) is 0.939. The molecule has 0 aromatic heterocycles. The van der Waals surface area contributed by atoms with Crippen molar-refractivity contribution in [3.05, 3.63) is 47.5 Å². The van der Waals surface area contributed by atoms with Gasteiger partial charge in [-0.1, -0.05) is 12.1 Å². The largest absolute Gasteiger partial charge is 0.496 e. The van der Waals surface area contributed by atoms with Gasteiger partial charge in [0.2, 0.25) is 6.23 Å². The summed E-state index contributed by atoms with van der Waals surface area (Å²) < 4.78 is 21.9. The second kappa shape index (κ2) is 6.08. The molecule has 0 fully saturated rings. The molecule has 0 bridgehead atoms. The topological polar surface area (TPSA) is 66.0 Å². The highest BCUT2D eigenvalue weighted by atomic mass is 16.5. The van der Waals surface area contributed by atoms with Crippen LogP contribution in [0.25, 0.3) is 0 Å². The van der Waals surface area contributed by atoms with Gasteiger partial charge >= 0.3 is 0 Å². The minimum atomic E-state index is -0.674. The van der Waals surface area contributed by atoms with Crippen LogP contribution in [0, 0.1) is 0 Å². The van der Waals surface area contributed by atoms with Crippen molar-refractivity contribution in [1.82, 2.24) is 5.32 Å². The summed E-state index contributed by atoms with van der Waals surface area (Å²) in [6, 6.07) is 10.5. The van der Waals surface area contributed by atoms with Gasteiger partial charge in [0.1, 0.15) is 11.5 Å². The van der Waals surface area contributed by atoms with Gasteiger partial charge in [-0.15, -0.1) is 0 Å². The van der Waals surface area contributed by atoms with Gasteiger partial charge in [-0.3, -0.25) is 4.79 Å². The summed E-state index contributed by atoms with van der Waals surface area (Å²) in [4.78, 5) is 12.3. The lowest BCUT2D eigenvalue weighted by molar-refractivity contribution is 0.0751. The number of nitrogens with one attached hydrogen (secondary N) is 1. The first kappa shape index (κ1) is 15.0. The number of para-hydroxylation sites is 1. The number of benzene rings is 2. The molecule has 1 heterocycles. The van der Waals surface area contributed by atoms with E-state index in [9.17, 15) is 4.79 Å². The van der Waals surface area contributed by atoms with Gasteiger partial charge in [-0.05, 0) is 18.2 Å². The van der Waals surface area contributed by atoms with Crippen molar-refractivity contribution in [2.24, 2.45) is 0 Å². The van der Waals surface area contributed by atoms with E-state index in [4.69, 9.17) is 18.9 Å². The Balaban J connectivity index is 2.04. The van der Waals surface area contributed by atoms with E-state index in [2.05, 4.69) is 5.32 Å². The average Bonchev–Trinajstić information content (AvgIpc) is 2.60. The van der Waals surface area contributed by atoms with Gasteiger partial charge < -0.3 is 24.3 Å². The van der Waals surface area contributed by atoms with E-state index in [1.165, 1.54) is 0 Å². The molecule has 1 N–H and O–H groups in total. The van der Waals surface area contributed by atoms with Gasteiger partial charge in [0, 0.05) is 6.07 Å². The summed E-state index contributed by atoms with van der Waals surface area (Å²) in [5.41, 5.74) is 1.15. The van der Waals surface area contributed by atoms with Crippen LogP contribution in [0.5, 0.6) is 23.0 Å². The van der Waals surface area contributed by atoms with E-state index in [1.807, 2.05) is 6.07 Å². The molecule has 23 heavy (non-hydrogen) atoms. The Morgan fingerprint density at radius 3 is 2.30 bits per heavy atom. The fourth-order valence-electron chi connectivity index (χ4n) is 2.51. The second-order valence-electron chi connectivity index (χ2n) is 4.92. The summed E-state index contributed by atoms with van der Waals surface area (Å²) in [7, 11) is 4.64. The first-order valence-electron chi connectivity index (χ1n) is 7.04. The normalized spacial score (nSPS) is 16.0. The van der Waals surface area contributed by atoms with Gasteiger partial charge in [-0.25, -0.2) is 0 Å². The molecule has 2 aromatic rings. The summed E-state index contributed by atoms with van der Waals surface area (Å²) >= 11 is 0. The van der Waals surface area contributed by atoms with Crippen molar-refractivity contribution in [3.8, 4) is 23.0 Å². The van der Waals surface area contributed by atoms with Gasteiger partial charge in [0.05, 0.1) is 32.5 Å². The highest BCUT2D eigenvalue weighted by Gasteiger charge is 2.29. The van der Waals surface area contributed by atoms with E-state index < -0.39 is 6.23 Å². The maximum Gasteiger partial charge on any atom is 0.258 e. The second-order valence-corrected chi connectivity index (χ2v) is 4.92. The number of carbonyl (C=O) groups is 1. The van der Waals surface area contributed by atoms with Crippen LogP contribution in [0.3, 0.4) is 0 Å². The first-order chi connectivity index (χ1) is 11.2. The van der Waals surface area contributed by atoms with Crippen molar-refractivity contribution in [2.45, 2.75) is 6.23 Å². The van der Waals surface area contributed by atoms with E-state index in [-0.39, 0.29) is 5.91 Å². The molecule has 0 saturated heterocycles. The molecule has 1 unspecified atom stereocenters. The Hall–Kier alpha value is -2.89. The summed E-state index contributed by atoms with van der Waals surface area (Å²) in [5, 5.41) is 2.81. The Labute approximate surface area is 133 Å². The zero-order chi connectivity index (χ0) is 16.4. The molecule has 1 atom stereocenters. The number of methoxy groups -OCH3 is 3. The predicted octanol–water partition coefficient (Wildman–Crippen LogP) is 2.53. The number of fused-ring (bicyclic) bond motifs is 1. The lowest BCUT2D eigenvalue weighted by Gasteiger charge is -2.28. The monoisotopic (exact) mass is 315 g/mol. The Morgan fingerprint density at radius 2 is 1.61 bits per heavy atom. The van der Waals surface area contributed by atoms with Crippen LogP contribution in [-0.2, 0) is 0 Å². The van der Waals surface area contributed by atoms with Gasteiger partial charge in [-0.2, -0.15) is 0 Å². The Bertz CT molecular complexity index is 744. The summed E-state index contributed by atoms with van der Waals surface area (Å²) in [5.74, 6) is 1.93. The van der Waals surface area contributed by atoms with Gasteiger partial charge in [0.15, 0.2) is 11.5 Å². The zero-order valence-corrected chi connectivity index (χ0v) is 13.1. The third kappa shape index (κ3) is 2.63. The summed E-state index contributed by atoms with van der Waals surface area (Å²) in [6.45, 7) is 0. The maximum atomic E-state index is 12.3. The van der Waals surface area contributed by atoms with Crippen LogP contribution < -0.4 is 24.3 Å². The number of amides is 1. The standard InChI is InChI=1S/C17H17NO5/c1-20-13-9-15(22-3)14(21-2)8-11(13)17-18-16(19)10-6-4-5-7-12(10)23-17/h4-9,17H,1-3H3,(H,18,19). The lowest BCUT2D eigenvalue weighted by atomic mass is 10.1. The minimum Gasteiger partial charge on any atom is -0.496 e. The molecule has 0 spiro atoms. The van der Waals surface area contributed by atoms with Crippen LogP contribution >= 0.6 is 0 Å². The van der Waals surface area contributed by atoms with Crippen LogP contribution in [0.15, 0.2) is 36.4 Å². The molecule has 1 aliphatic heterocycles. The molecule has 0 aliphatic carbocycles. The van der Waals surface area contributed by atoms with Crippen molar-refractivity contribution in [3.63, 3.8) is 0 Å². The average molecular weight is 315 g/mol. The smallest absolute Gasteiger partial charge is 0.258 e. The van der Waals surface area contributed by atoms with Crippen LogP contribution in [0.1, 0.15) is 22.1 Å².